The molecule has 0 bridgehead atoms. The molecule has 6 aromatic rings. The van der Waals surface area contributed by atoms with Crippen molar-refractivity contribution in [1.82, 2.24) is 5.32 Å². The second-order valence-corrected chi connectivity index (χ2v) is 17.2. The number of aryl methyl sites for hydroxylation is 2. The van der Waals surface area contributed by atoms with Gasteiger partial charge in [0.1, 0.15) is 0 Å². The molecule has 1 nitrogen and oxygen atoms in total. The van der Waals surface area contributed by atoms with Crippen LogP contribution in [0.1, 0.15) is 110 Å². The second-order valence-electron chi connectivity index (χ2n) is 17.2. The molecule has 0 saturated heterocycles. The Morgan fingerprint density at radius 2 is 1.19 bits per heavy atom. The van der Waals surface area contributed by atoms with Crippen LogP contribution in [-0.4, -0.2) is 7.05 Å². The number of hydrogen-bond donors (Lipinski definition) is 1. The predicted octanol–water partition coefficient (Wildman–Crippen LogP) is 17.3. The van der Waals surface area contributed by atoms with Gasteiger partial charge < -0.3 is 5.32 Å². The standard InChI is InChI=1S/C46H38.C12H10.C4H9N.2C2H6/c1-30-16-4-5-18-33(30)38-29-44-43(28-31(38)2)45(39-23-10-6-19-34(39)35-20-7-11-24-40(35)45)27-15-14-17-32(3)46(44)41-25-12-8-21-36(41)37-22-9-13-26-42(37)46;1-2-6-11(7-3-1)10-12-8-4-5-9-12;1-3-4-5-2;2*1-2/h4-8,10-13,15-16,18-21,23-29H,3,9,14,17,22H2,1-2H3;1-8H,10H2;3-5H,1-2H3;2*1-2H3/b;;4-3+;;. The molecular formula is C66H69N. The van der Waals surface area contributed by atoms with Gasteiger partial charge in [-0.15, -0.1) is 5.73 Å². The van der Waals surface area contributed by atoms with Gasteiger partial charge in [0, 0.05) is 13.5 Å². The Morgan fingerprint density at radius 3 is 1.81 bits per heavy atom. The van der Waals surface area contributed by atoms with Crippen LogP contribution in [0.25, 0.3) is 27.8 Å². The molecule has 11 rings (SSSR count). The van der Waals surface area contributed by atoms with Gasteiger partial charge >= 0.3 is 0 Å². The zero-order valence-electron chi connectivity index (χ0n) is 41.2. The lowest BCUT2D eigenvalue weighted by molar-refractivity contribution is 0.674. The molecule has 67 heavy (non-hydrogen) atoms. The largest absolute Gasteiger partial charge is 0.394 e. The van der Waals surface area contributed by atoms with Crippen molar-refractivity contribution in [2.75, 3.05) is 7.05 Å². The van der Waals surface area contributed by atoms with Gasteiger partial charge in [0.25, 0.3) is 0 Å². The molecule has 1 heteroatoms. The van der Waals surface area contributed by atoms with Gasteiger partial charge in [-0.25, -0.2) is 0 Å². The summed E-state index contributed by atoms with van der Waals surface area (Å²) in [7, 11) is 1.88. The monoisotopic (exact) mass is 876 g/mol. The quantitative estimate of drug-likeness (QED) is 0.137. The van der Waals surface area contributed by atoms with E-state index in [1.807, 2.05) is 72.2 Å². The highest BCUT2D eigenvalue weighted by molar-refractivity contribution is 5.92. The zero-order chi connectivity index (χ0) is 47.4. The number of allylic oxidation sites excluding steroid dienone is 11. The first-order valence-electron chi connectivity index (χ1n) is 24.6. The van der Waals surface area contributed by atoms with Gasteiger partial charge in [0.05, 0.1) is 10.8 Å². The molecule has 338 valence electrons. The van der Waals surface area contributed by atoms with E-state index in [0.717, 1.165) is 32.1 Å². The molecular weight excluding hydrogens is 807 g/mol. The summed E-state index contributed by atoms with van der Waals surface area (Å²) in [6, 6.07) is 51.9. The summed E-state index contributed by atoms with van der Waals surface area (Å²) in [6.07, 6.45) is 24.8. The Balaban J connectivity index is 0.000000265. The highest BCUT2D eigenvalue weighted by atomic mass is 14.8. The molecule has 0 heterocycles. The average Bonchev–Trinajstić information content (AvgIpc) is 4.09. The summed E-state index contributed by atoms with van der Waals surface area (Å²) in [4.78, 5) is 0. The Bertz CT molecular complexity index is 2890. The minimum absolute atomic E-state index is 0.425. The number of benzene rings is 6. The van der Waals surface area contributed by atoms with E-state index in [2.05, 4.69) is 189 Å². The summed E-state index contributed by atoms with van der Waals surface area (Å²) in [5.74, 6) is 0. The third-order valence-electron chi connectivity index (χ3n) is 13.6. The molecule has 2 spiro atoms. The van der Waals surface area contributed by atoms with Crippen molar-refractivity contribution in [2.24, 2.45) is 0 Å². The fourth-order valence-corrected chi connectivity index (χ4v) is 10.9. The van der Waals surface area contributed by atoms with Gasteiger partial charge in [0.2, 0.25) is 0 Å². The van der Waals surface area contributed by atoms with E-state index < -0.39 is 10.8 Å². The van der Waals surface area contributed by atoms with Gasteiger partial charge in [-0.2, -0.15) is 0 Å². The van der Waals surface area contributed by atoms with E-state index >= 15 is 0 Å². The minimum Gasteiger partial charge on any atom is -0.394 e. The second kappa shape index (κ2) is 22.0. The third kappa shape index (κ3) is 8.90. The van der Waals surface area contributed by atoms with E-state index in [9.17, 15) is 0 Å². The van der Waals surface area contributed by atoms with Gasteiger partial charge in [0.15, 0.2) is 0 Å². The molecule has 0 fully saturated rings. The van der Waals surface area contributed by atoms with Crippen molar-refractivity contribution < 1.29 is 0 Å². The van der Waals surface area contributed by atoms with Crippen molar-refractivity contribution in [3.05, 3.63) is 273 Å². The molecule has 6 aromatic carbocycles. The van der Waals surface area contributed by atoms with E-state index in [-0.39, 0.29) is 0 Å². The third-order valence-corrected chi connectivity index (χ3v) is 13.6. The first kappa shape index (κ1) is 48.0. The van der Waals surface area contributed by atoms with Crippen molar-refractivity contribution >= 4 is 5.57 Å². The van der Waals surface area contributed by atoms with Crippen LogP contribution in [0.2, 0.25) is 0 Å². The molecule has 5 aliphatic rings. The maximum atomic E-state index is 5.03. The molecule has 0 radical (unpaired) electrons. The number of fused-ring (bicyclic) bond motifs is 12. The Morgan fingerprint density at radius 1 is 0.597 bits per heavy atom. The van der Waals surface area contributed by atoms with Crippen LogP contribution in [-0.2, 0) is 17.3 Å². The summed E-state index contributed by atoms with van der Waals surface area (Å²) >= 11 is 0. The Hall–Kier alpha value is -6.92. The van der Waals surface area contributed by atoms with Gasteiger partial charge in [-0.05, 0) is 154 Å². The first-order chi connectivity index (χ1) is 32.9. The van der Waals surface area contributed by atoms with Crippen LogP contribution in [0, 0.1) is 13.8 Å². The fraction of sp³-hybridized carbons (Fsp3) is 0.227. The lowest BCUT2D eigenvalue weighted by Crippen LogP contribution is -2.35. The van der Waals surface area contributed by atoms with Crippen LogP contribution >= 0.6 is 0 Å². The molecule has 0 aliphatic heterocycles. The first-order valence-corrected chi connectivity index (χ1v) is 24.6. The van der Waals surface area contributed by atoms with Crippen molar-refractivity contribution in [2.45, 2.75) is 91.4 Å². The average molecular weight is 876 g/mol. The van der Waals surface area contributed by atoms with Crippen molar-refractivity contribution in [1.29, 1.82) is 0 Å². The topological polar surface area (TPSA) is 12.0 Å². The normalized spacial score (nSPS) is 17.1. The summed E-state index contributed by atoms with van der Waals surface area (Å²) in [6.45, 7) is 19.6. The van der Waals surface area contributed by atoms with Crippen LogP contribution in [0.5, 0.6) is 0 Å². The highest BCUT2D eigenvalue weighted by Gasteiger charge is 2.53. The maximum Gasteiger partial charge on any atom is 0.0671 e. The molecule has 0 aromatic heterocycles. The number of rotatable bonds is 4. The fourth-order valence-electron chi connectivity index (χ4n) is 10.9. The highest BCUT2D eigenvalue weighted by Crippen LogP contribution is 2.63. The lowest BCUT2D eigenvalue weighted by Gasteiger charge is -2.42. The van der Waals surface area contributed by atoms with Crippen molar-refractivity contribution in [3.8, 4) is 22.3 Å². The molecule has 5 aliphatic carbocycles. The van der Waals surface area contributed by atoms with E-state index in [0.29, 0.717) is 0 Å². The van der Waals surface area contributed by atoms with Crippen molar-refractivity contribution in [3.63, 3.8) is 0 Å². The van der Waals surface area contributed by atoms with Crippen LogP contribution in [0.15, 0.2) is 223 Å². The van der Waals surface area contributed by atoms with Crippen LogP contribution < -0.4 is 5.32 Å². The molecule has 1 atom stereocenters. The van der Waals surface area contributed by atoms with E-state index in [4.69, 9.17) is 6.58 Å². The smallest absolute Gasteiger partial charge is 0.0671 e. The minimum atomic E-state index is -0.450. The summed E-state index contributed by atoms with van der Waals surface area (Å²) < 4.78 is 0. The molecule has 1 N–H and O–H groups in total. The molecule has 1 unspecified atom stereocenters. The Kier molecular flexibility index (Phi) is 15.8. The number of nitrogens with one attached hydrogen (secondary N) is 1. The maximum absolute atomic E-state index is 5.03. The predicted molar refractivity (Wildman–Crippen MR) is 291 cm³/mol. The summed E-state index contributed by atoms with van der Waals surface area (Å²) in [5, 5.41) is 2.84. The Labute approximate surface area is 403 Å². The molecule has 0 saturated carbocycles. The molecule has 0 amide bonds. The lowest BCUT2D eigenvalue weighted by atomic mass is 9.60. The van der Waals surface area contributed by atoms with Crippen LogP contribution in [0.4, 0.5) is 0 Å². The van der Waals surface area contributed by atoms with Crippen LogP contribution in [0.3, 0.4) is 0 Å². The van der Waals surface area contributed by atoms with E-state index in [1.54, 1.807) is 0 Å². The summed E-state index contributed by atoms with van der Waals surface area (Å²) in [5.41, 5.74) is 25.4. The van der Waals surface area contributed by atoms with E-state index in [1.165, 1.54) is 94.6 Å². The zero-order valence-corrected chi connectivity index (χ0v) is 41.2. The number of hydrogen-bond acceptors (Lipinski definition) is 1. The van der Waals surface area contributed by atoms with Gasteiger partial charge in [-0.3, -0.25) is 0 Å². The van der Waals surface area contributed by atoms with Gasteiger partial charge in [-0.1, -0.05) is 216 Å². The SMILES string of the molecule is C/C=C/NC.C1=CC=CC=1Cc1ccccc1.C=C1CCC=CC2(c3ccccc3-c3ccccc32)c2cc(C)c(-c3ccccc3C)cc2C12C1=C(CCC=C1)c1ccccc12.CC.CC.